The first kappa shape index (κ1) is 15.6. The molecule has 0 radical (unpaired) electrons. The van der Waals surface area contributed by atoms with Gasteiger partial charge >= 0.3 is 5.69 Å². The lowest BCUT2D eigenvalue weighted by molar-refractivity contribution is -0.133. The smallest absolute Gasteiger partial charge is 0.340 e. The van der Waals surface area contributed by atoms with Crippen LogP contribution in [0.4, 0.5) is 0 Å². The van der Waals surface area contributed by atoms with Crippen LogP contribution in [-0.2, 0) is 11.3 Å². The normalized spacial score (nSPS) is 17.9. The highest BCUT2D eigenvalue weighted by Crippen LogP contribution is 2.20. The van der Waals surface area contributed by atoms with Gasteiger partial charge in [0.2, 0.25) is 5.91 Å². The summed E-state index contributed by atoms with van der Waals surface area (Å²) in [5, 5.41) is 8.43. The molecule has 1 saturated heterocycles. The summed E-state index contributed by atoms with van der Waals surface area (Å²) in [7, 11) is 0. The largest absolute Gasteiger partial charge is 0.350 e. The summed E-state index contributed by atoms with van der Waals surface area (Å²) in [6.07, 6.45) is 7.05. The maximum atomic E-state index is 12.5. The van der Waals surface area contributed by atoms with Gasteiger partial charge in [0.05, 0.1) is 12.6 Å². The molecule has 0 bridgehead atoms. The monoisotopic (exact) mass is 341 g/mol. The third kappa shape index (κ3) is 3.04. The van der Waals surface area contributed by atoms with Gasteiger partial charge in [-0.25, -0.2) is 19.1 Å². The fourth-order valence-corrected chi connectivity index (χ4v) is 3.28. The second kappa shape index (κ2) is 6.50. The van der Waals surface area contributed by atoms with Crippen molar-refractivity contribution in [3.63, 3.8) is 0 Å². The van der Waals surface area contributed by atoms with Crippen molar-refractivity contribution in [2.24, 2.45) is 0 Å². The molecule has 4 rings (SSSR count). The third-order valence-corrected chi connectivity index (χ3v) is 4.59. The van der Waals surface area contributed by atoms with Crippen molar-refractivity contribution in [3.8, 4) is 0 Å². The van der Waals surface area contributed by atoms with Crippen molar-refractivity contribution in [3.05, 3.63) is 47.5 Å². The number of carbonyl (C=O) groups excluding carboxylic acids is 1. The Kier molecular flexibility index (Phi) is 4.04. The van der Waals surface area contributed by atoms with E-state index in [1.165, 1.54) is 15.4 Å². The van der Waals surface area contributed by atoms with Crippen LogP contribution in [0.2, 0.25) is 0 Å². The number of pyridine rings is 1. The van der Waals surface area contributed by atoms with E-state index in [4.69, 9.17) is 0 Å². The average Bonchev–Trinajstić information content (AvgIpc) is 3.29. The SMILES string of the molecule is O=C(CCn1nc2ccccn2c1=O)N1CCC[C@H](n2cncn2)C1. The molecule has 0 spiro atoms. The minimum atomic E-state index is -0.220. The van der Waals surface area contributed by atoms with Crippen LogP contribution in [0.5, 0.6) is 0 Å². The summed E-state index contributed by atoms with van der Waals surface area (Å²) in [6, 6.07) is 5.55. The van der Waals surface area contributed by atoms with E-state index < -0.39 is 0 Å². The molecule has 9 heteroatoms. The highest BCUT2D eigenvalue weighted by Gasteiger charge is 2.25. The van der Waals surface area contributed by atoms with Crippen LogP contribution in [0.25, 0.3) is 5.65 Å². The Bertz CT molecular complexity index is 928. The van der Waals surface area contributed by atoms with Gasteiger partial charge < -0.3 is 4.90 Å². The lowest BCUT2D eigenvalue weighted by Crippen LogP contribution is -2.41. The topological polar surface area (TPSA) is 90.3 Å². The summed E-state index contributed by atoms with van der Waals surface area (Å²) in [5.74, 6) is 0.0359. The molecule has 1 aliphatic heterocycles. The van der Waals surface area contributed by atoms with Crippen molar-refractivity contribution >= 4 is 11.6 Å². The number of hydrogen-bond donors (Lipinski definition) is 0. The minimum absolute atomic E-state index is 0.0359. The number of amides is 1. The molecular weight excluding hydrogens is 322 g/mol. The van der Waals surface area contributed by atoms with Gasteiger partial charge in [0.15, 0.2) is 5.65 Å². The van der Waals surface area contributed by atoms with Crippen LogP contribution in [0, 0.1) is 0 Å². The quantitative estimate of drug-likeness (QED) is 0.683. The number of rotatable bonds is 4. The number of fused-ring (bicyclic) bond motifs is 1. The first-order valence-electron chi connectivity index (χ1n) is 8.38. The summed E-state index contributed by atoms with van der Waals surface area (Å²) >= 11 is 0. The van der Waals surface area contributed by atoms with Crippen molar-refractivity contribution < 1.29 is 4.79 Å². The van der Waals surface area contributed by atoms with E-state index in [-0.39, 0.29) is 30.6 Å². The molecule has 25 heavy (non-hydrogen) atoms. The van der Waals surface area contributed by atoms with Gasteiger partial charge in [0.25, 0.3) is 0 Å². The van der Waals surface area contributed by atoms with Gasteiger partial charge in [-0.1, -0.05) is 6.07 Å². The summed E-state index contributed by atoms with van der Waals surface area (Å²) < 4.78 is 4.64. The second-order valence-corrected chi connectivity index (χ2v) is 6.20. The molecule has 0 aliphatic carbocycles. The van der Waals surface area contributed by atoms with Gasteiger partial charge in [-0.05, 0) is 25.0 Å². The van der Waals surface area contributed by atoms with Crippen LogP contribution in [0.1, 0.15) is 25.3 Å². The molecule has 3 aromatic rings. The van der Waals surface area contributed by atoms with Gasteiger partial charge in [-0.3, -0.25) is 9.20 Å². The molecule has 130 valence electrons. The van der Waals surface area contributed by atoms with Crippen LogP contribution in [0.3, 0.4) is 0 Å². The lowest BCUT2D eigenvalue weighted by Gasteiger charge is -2.32. The highest BCUT2D eigenvalue weighted by atomic mass is 16.2. The summed E-state index contributed by atoms with van der Waals surface area (Å²) in [6.45, 7) is 1.65. The Morgan fingerprint density at radius 3 is 3.04 bits per heavy atom. The van der Waals surface area contributed by atoms with E-state index in [2.05, 4.69) is 15.2 Å². The molecule has 0 N–H and O–H groups in total. The molecular formula is C16H19N7O2. The van der Waals surface area contributed by atoms with Gasteiger partial charge in [-0.2, -0.15) is 5.10 Å². The van der Waals surface area contributed by atoms with E-state index >= 15 is 0 Å². The maximum absolute atomic E-state index is 12.5. The zero-order chi connectivity index (χ0) is 17.2. The van der Waals surface area contributed by atoms with Crippen molar-refractivity contribution in [1.82, 2.24) is 33.8 Å². The van der Waals surface area contributed by atoms with Crippen molar-refractivity contribution in [2.75, 3.05) is 13.1 Å². The van der Waals surface area contributed by atoms with Crippen molar-refractivity contribution in [1.29, 1.82) is 0 Å². The van der Waals surface area contributed by atoms with Gasteiger partial charge in [0, 0.05) is 25.7 Å². The summed E-state index contributed by atoms with van der Waals surface area (Å²) in [4.78, 5) is 30.6. The Morgan fingerprint density at radius 1 is 1.32 bits per heavy atom. The fourth-order valence-electron chi connectivity index (χ4n) is 3.28. The van der Waals surface area contributed by atoms with Gasteiger partial charge in [0.1, 0.15) is 12.7 Å². The fraction of sp³-hybridized carbons (Fsp3) is 0.438. The molecule has 0 unspecified atom stereocenters. The molecule has 0 saturated carbocycles. The molecule has 1 fully saturated rings. The van der Waals surface area contributed by atoms with E-state index in [0.29, 0.717) is 12.2 Å². The molecule has 1 amide bonds. The van der Waals surface area contributed by atoms with E-state index in [0.717, 1.165) is 19.4 Å². The number of piperidine rings is 1. The Hall–Kier alpha value is -2.97. The Morgan fingerprint density at radius 2 is 2.24 bits per heavy atom. The number of carbonyl (C=O) groups is 1. The van der Waals surface area contributed by atoms with E-state index in [1.54, 1.807) is 24.7 Å². The Balaban J connectivity index is 1.41. The standard InChI is InChI=1S/C16H19N7O2/c24-15(20-7-3-4-13(10-20)23-12-17-11-18-23)6-9-22-16(25)21-8-2-1-5-14(21)19-22/h1-2,5,8,11-13H,3-4,6-7,9-10H2/t13-/m0/s1. The van der Waals surface area contributed by atoms with Crippen molar-refractivity contribution in [2.45, 2.75) is 31.8 Å². The average molecular weight is 341 g/mol. The summed E-state index contributed by atoms with van der Waals surface area (Å²) in [5.41, 5.74) is 0.367. The lowest BCUT2D eigenvalue weighted by atomic mass is 10.1. The van der Waals surface area contributed by atoms with Crippen LogP contribution >= 0.6 is 0 Å². The first-order valence-corrected chi connectivity index (χ1v) is 8.38. The zero-order valence-corrected chi connectivity index (χ0v) is 13.7. The Labute approximate surface area is 143 Å². The number of likely N-dealkylation sites (tertiary alicyclic amines) is 1. The first-order chi connectivity index (χ1) is 12.2. The second-order valence-electron chi connectivity index (χ2n) is 6.20. The minimum Gasteiger partial charge on any atom is -0.340 e. The third-order valence-electron chi connectivity index (χ3n) is 4.59. The zero-order valence-electron chi connectivity index (χ0n) is 13.7. The predicted molar refractivity (Wildman–Crippen MR) is 88.9 cm³/mol. The van der Waals surface area contributed by atoms with Crippen LogP contribution in [-0.4, -0.2) is 52.8 Å². The molecule has 1 atom stereocenters. The molecule has 1 aliphatic rings. The van der Waals surface area contributed by atoms with E-state index in [9.17, 15) is 9.59 Å². The number of nitrogens with zero attached hydrogens (tertiary/aromatic N) is 7. The predicted octanol–water partition coefficient (Wildman–Crippen LogP) is 0.341. The van der Waals surface area contributed by atoms with Crippen LogP contribution in [0.15, 0.2) is 41.8 Å². The number of aryl methyl sites for hydroxylation is 1. The highest BCUT2D eigenvalue weighted by molar-refractivity contribution is 5.76. The van der Waals surface area contributed by atoms with E-state index in [1.807, 2.05) is 15.6 Å². The molecule has 0 aromatic carbocycles. The number of aromatic nitrogens is 6. The van der Waals surface area contributed by atoms with Gasteiger partial charge in [-0.15, -0.1) is 5.10 Å². The molecule has 3 aromatic heterocycles. The maximum Gasteiger partial charge on any atom is 0.350 e. The number of hydrogen-bond acceptors (Lipinski definition) is 5. The molecule has 4 heterocycles. The van der Waals surface area contributed by atoms with Crippen LogP contribution < -0.4 is 5.69 Å². The molecule has 9 nitrogen and oxygen atoms in total.